The molecule has 0 bridgehead atoms. The predicted molar refractivity (Wildman–Crippen MR) is 108 cm³/mol. The number of amides is 1. The fourth-order valence-corrected chi connectivity index (χ4v) is 4.55. The molecule has 0 radical (unpaired) electrons. The van der Waals surface area contributed by atoms with Gasteiger partial charge in [-0.2, -0.15) is 0 Å². The zero-order valence-corrected chi connectivity index (χ0v) is 16.0. The van der Waals surface area contributed by atoms with E-state index in [0.29, 0.717) is 23.1 Å². The number of hydrogen-bond acceptors (Lipinski definition) is 5. The molecule has 0 aliphatic rings. The first-order valence-corrected chi connectivity index (χ1v) is 10.0. The molecule has 1 aromatic carbocycles. The standard InChI is InChI=1S/C19H14ClN3OS2/c20-14-5-6-16-17(9-14)26-19(22-16)23(12-13-3-1-7-21-11-13)18(24)10-15-4-2-8-25-15/h1-9,11H,10,12H2. The number of fused-ring (bicyclic) bond motifs is 1. The van der Waals surface area contributed by atoms with Gasteiger partial charge in [0.15, 0.2) is 5.13 Å². The van der Waals surface area contributed by atoms with Gasteiger partial charge in [0.2, 0.25) is 5.91 Å². The highest BCUT2D eigenvalue weighted by Crippen LogP contribution is 2.32. The first kappa shape index (κ1) is 17.1. The van der Waals surface area contributed by atoms with Crippen molar-refractivity contribution in [1.29, 1.82) is 0 Å². The first-order chi connectivity index (χ1) is 12.7. The number of halogens is 1. The van der Waals surface area contributed by atoms with Gasteiger partial charge in [-0.15, -0.1) is 11.3 Å². The molecule has 3 heterocycles. The second kappa shape index (κ2) is 7.53. The highest BCUT2D eigenvalue weighted by molar-refractivity contribution is 7.22. The second-order valence-electron chi connectivity index (χ2n) is 5.71. The van der Waals surface area contributed by atoms with Crippen LogP contribution >= 0.6 is 34.3 Å². The van der Waals surface area contributed by atoms with Gasteiger partial charge in [-0.3, -0.25) is 14.7 Å². The Labute approximate surface area is 163 Å². The normalized spacial score (nSPS) is 11.0. The van der Waals surface area contributed by atoms with Crippen LogP contribution < -0.4 is 4.90 Å². The average Bonchev–Trinajstić information content (AvgIpc) is 3.29. The first-order valence-electron chi connectivity index (χ1n) is 7.97. The van der Waals surface area contributed by atoms with Crippen LogP contribution in [0.4, 0.5) is 5.13 Å². The molecule has 0 aliphatic carbocycles. The van der Waals surface area contributed by atoms with Crippen LogP contribution in [0.25, 0.3) is 10.2 Å². The predicted octanol–water partition coefficient (Wildman–Crippen LogP) is 5.18. The summed E-state index contributed by atoms with van der Waals surface area (Å²) in [6, 6.07) is 13.3. The Morgan fingerprint density at radius 2 is 2.12 bits per heavy atom. The monoisotopic (exact) mass is 399 g/mol. The number of rotatable bonds is 5. The summed E-state index contributed by atoms with van der Waals surface area (Å²) in [6.07, 6.45) is 3.85. The Kier molecular flexibility index (Phi) is 4.97. The highest BCUT2D eigenvalue weighted by atomic mass is 35.5. The van der Waals surface area contributed by atoms with Gasteiger partial charge in [0.05, 0.1) is 23.2 Å². The van der Waals surface area contributed by atoms with Crippen LogP contribution in [0.1, 0.15) is 10.4 Å². The minimum atomic E-state index is 0.0152. The average molecular weight is 400 g/mol. The maximum absolute atomic E-state index is 13.0. The molecule has 4 rings (SSSR count). The molecule has 0 saturated carbocycles. The van der Waals surface area contributed by atoms with Crippen molar-refractivity contribution >= 4 is 55.5 Å². The lowest BCUT2D eigenvalue weighted by molar-refractivity contribution is -0.118. The highest BCUT2D eigenvalue weighted by Gasteiger charge is 2.21. The summed E-state index contributed by atoms with van der Waals surface area (Å²) < 4.78 is 0.965. The third kappa shape index (κ3) is 3.77. The number of pyridine rings is 1. The van der Waals surface area contributed by atoms with Crippen LogP contribution in [0, 0.1) is 0 Å². The van der Waals surface area contributed by atoms with Crippen LogP contribution in [-0.2, 0) is 17.8 Å². The van der Waals surface area contributed by atoms with E-state index in [2.05, 4.69) is 9.97 Å². The van der Waals surface area contributed by atoms with Crippen molar-refractivity contribution in [2.24, 2.45) is 0 Å². The van der Waals surface area contributed by atoms with Crippen molar-refractivity contribution in [3.63, 3.8) is 0 Å². The lowest BCUT2D eigenvalue weighted by Gasteiger charge is -2.19. The number of carbonyl (C=O) groups excluding carboxylic acids is 1. The molecule has 0 aliphatic heterocycles. The summed E-state index contributed by atoms with van der Waals surface area (Å²) >= 11 is 9.14. The van der Waals surface area contributed by atoms with E-state index in [-0.39, 0.29) is 5.91 Å². The summed E-state index contributed by atoms with van der Waals surface area (Å²) in [4.78, 5) is 24.6. The number of thiophene rings is 1. The molecule has 0 N–H and O–H groups in total. The quantitative estimate of drug-likeness (QED) is 0.464. The molecule has 0 unspecified atom stereocenters. The van der Waals surface area contributed by atoms with Gasteiger partial charge in [0.25, 0.3) is 0 Å². The fraction of sp³-hybridized carbons (Fsp3) is 0.105. The molecule has 0 spiro atoms. The van der Waals surface area contributed by atoms with E-state index in [4.69, 9.17) is 11.6 Å². The maximum Gasteiger partial charge on any atom is 0.234 e. The third-order valence-corrected chi connectivity index (χ3v) is 5.99. The second-order valence-corrected chi connectivity index (χ2v) is 8.18. The number of hydrogen-bond donors (Lipinski definition) is 0. The summed E-state index contributed by atoms with van der Waals surface area (Å²) in [7, 11) is 0. The minimum Gasteiger partial charge on any atom is -0.283 e. The van der Waals surface area contributed by atoms with Gasteiger partial charge in [-0.25, -0.2) is 4.98 Å². The van der Waals surface area contributed by atoms with Crippen molar-refractivity contribution in [3.8, 4) is 0 Å². The molecule has 26 heavy (non-hydrogen) atoms. The summed E-state index contributed by atoms with van der Waals surface area (Å²) in [6.45, 7) is 0.436. The van der Waals surface area contributed by atoms with E-state index in [9.17, 15) is 4.79 Å². The fourth-order valence-electron chi connectivity index (χ4n) is 2.60. The van der Waals surface area contributed by atoms with E-state index in [0.717, 1.165) is 20.7 Å². The molecular formula is C19H14ClN3OS2. The van der Waals surface area contributed by atoms with E-state index in [1.807, 2.05) is 47.8 Å². The van der Waals surface area contributed by atoms with E-state index in [1.165, 1.54) is 11.3 Å². The number of thiazole rings is 1. The Balaban J connectivity index is 1.69. The molecule has 7 heteroatoms. The molecule has 0 atom stereocenters. The zero-order valence-electron chi connectivity index (χ0n) is 13.6. The van der Waals surface area contributed by atoms with Crippen LogP contribution in [0.5, 0.6) is 0 Å². The Hall–Kier alpha value is -2.28. The maximum atomic E-state index is 13.0. The smallest absolute Gasteiger partial charge is 0.234 e. The minimum absolute atomic E-state index is 0.0152. The number of anilines is 1. The van der Waals surface area contributed by atoms with Crippen LogP contribution in [-0.4, -0.2) is 15.9 Å². The Bertz CT molecular complexity index is 1030. The molecule has 130 valence electrons. The molecule has 4 nitrogen and oxygen atoms in total. The van der Waals surface area contributed by atoms with Gasteiger partial charge < -0.3 is 0 Å². The van der Waals surface area contributed by atoms with E-state index < -0.39 is 0 Å². The van der Waals surface area contributed by atoms with Gasteiger partial charge in [-0.1, -0.05) is 35.1 Å². The van der Waals surface area contributed by atoms with Crippen molar-refractivity contribution < 1.29 is 4.79 Å². The molecule has 0 fully saturated rings. The van der Waals surface area contributed by atoms with Crippen molar-refractivity contribution in [2.75, 3.05) is 4.90 Å². The molecule has 4 aromatic rings. The SMILES string of the molecule is O=C(Cc1cccs1)N(Cc1cccnc1)c1nc2ccc(Cl)cc2s1. The summed E-state index contributed by atoms with van der Waals surface area (Å²) in [5.41, 5.74) is 1.80. The number of carbonyl (C=O) groups is 1. The zero-order chi connectivity index (χ0) is 17.9. The summed E-state index contributed by atoms with van der Waals surface area (Å²) in [5, 5.41) is 3.32. The topological polar surface area (TPSA) is 46.1 Å². The number of aromatic nitrogens is 2. The molecule has 0 saturated heterocycles. The lowest BCUT2D eigenvalue weighted by Crippen LogP contribution is -2.31. The number of nitrogens with zero attached hydrogens (tertiary/aromatic N) is 3. The van der Waals surface area contributed by atoms with E-state index >= 15 is 0 Å². The largest absolute Gasteiger partial charge is 0.283 e. The van der Waals surface area contributed by atoms with Crippen LogP contribution in [0.3, 0.4) is 0 Å². The Morgan fingerprint density at radius 3 is 2.88 bits per heavy atom. The molecular weight excluding hydrogens is 386 g/mol. The van der Waals surface area contributed by atoms with Crippen molar-refractivity contribution in [3.05, 3.63) is 75.7 Å². The van der Waals surface area contributed by atoms with Crippen LogP contribution in [0.15, 0.2) is 60.2 Å². The van der Waals surface area contributed by atoms with Gasteiger partial charge in [0.1, 0.15) is 0 Å². The van der Waals surface area contributed by atoms with Crippen LogP contribution in [0.2, 0.25) is 5.02 Å². The molecule has 1 amide bonds. The van der Waals surface area contributed by atoms with E-state index in [1.54, 1.807) is 28.6 Å². The number of benzene rings is 1. The molecule has 3 aromatic heterocycles. The Morgan fingerprint density at radius 1 is 1.19 bits per heavy atom. The van der Waals surface area contributed by atoms with Gasteiger partial charge >= 0.3 is 0 Å². The third-order valence-electron chi connectivity index (χ3n) is 3.84. The lowest BCUT2D eigenvalue weighted by atomic mass is 10.2. The summed E-state index contributed by atoms with van der Waals surface area (Å²) in [5.74, 6) is 0.0152. The van der Waals surface area contributed by atoms with Crippen molar-refractivity contribution in [2.45, 2.75) is 13.0 Å². The van der Waals surface area contributed by atoms with Crippen molar-refractivity contribution in [1.82, 2.24) is 9.97 Å². The van der Waals surface area contributed by atoms with Gasteiger partial charge in [0, 0.05) is 22.3 Å². The van der Waals surface area contributed by atoms with Gasteiger partial charge in [-0.05, 0) is 41.3 Å².